The fourth-order valence-electron chi connectivity index (χ4n) is 1.59. The van der Waals surface area contributed by atoms with E-state index in [-0.39, 0.29) is 5.97 Å². The van der Waals surface area contributed by atoms with E-state index in [9.17, 15) is 4.79 Å². The summed E-state index contributed by atoms with van der Waals surface area (Å²) >= 11 is 12.0. The topological polar surface area (TPSA) is 47.6 Å². The van der Waals surface area contributed by atoms with Gasteiger partial charge in [-0.2, -0.15) is 0 Å². The lowest BCUT2D eigenvalue weighted by molar-refractivity contribution is -0.145. The summed E-state index contributed by atoms with van der Waals surface area (Å²) < 4.78 is 9.99. The van der Waals surface area contributed by atoms with E-state index < -0.39 is 6.04 Å². The van der Waals surface area contributed by atoms with Crippen LogP contribution in [0.5, 0.6) is 0 Å². The minimum atomic E-state index is -0.625. The molecule has 4 nitrogen and oxygen atoms in total. The van der Waals surface area contributed by atoms with Crippen LogP contribution in [0.15, 0.2) is 18.2 Å². The van der Waals surface area contributed by atoms with Gasteiger partial charge in [0.05, 0.1) is 13.2 Å². The smallest absolute Gasteiger partial charge is 0.327 e. The predicted molar refractivity (Wildman–Crippen MR) is 75.7 cm³/mol. The highest BCUT2D eigenvalue weighted by molar-refractivity contribution is 6.35. The van der Waals surface area contributed by atoms with E-state index in [4.69, 9.17) is 32.7 Å². The Morgan fingerprint density at radius 3 is 2.74 bits per heavy atom. The third kappa shape index (κ3) is 4.99. The van der Waals surface area contributed by atoms with Crippen LogP contribution in [0.3, 0.4) is 0 Å². The Hall–Kier alpha value is -0.810. The maximum absolute atomic E-state index is 12.0. The zero-order chi connectivity index (χ0) is 14.3. The van der Waals surface area contributed by atoms with Crippen LogP contribution in [-0.4, -0.2) is 32.8 Å². The van der Waals surface area contributed by atoms with Gasteiger partial charge in [0.1, 0.15) is 6.04 Å². The van der Waals surface area contributed by atoms with E-state index in [1.54, 1.807) is 32.2 Å². The average molecular weight is 306 g/mol. The molecular weight excluding hydrogens is 289 g/mol. The maximum atomic E-state index is 12.0. The second kappa shape index (κ2) is 8.38. The van der Waals surface area contributed by atoms with Gasteiger partial charge in [-0.3, -0.25) is 5.32 Å². The van der Waals surface area contributed by atoms with E-state index in [0.717, 1.165) is 0 Å². The Morgan fingerprint density at radius 1 is 1.42 bits per heavy atom. The summed E-state index contributed by atoms with van der Waals surface area (Å²) in [4.78, 5) is 12.0. The Kier molecular flexibility index (Phi) is 7.16. The van der Waals surface area contributed by atoms with Crippen molar-refractivity contribution in [3.8, 4) is 0 Å². The maximum Gasteiger partial charge on any atom is 0.327 e. The first-order valence-corrected chi connectivity index (χ1v) is 6.69. The van der Waals surface area contributed by atoms with Crippen molar-refractivity contribution in [3.63, 3.8) is 0 Å². The van der Waals surface area contributed by atoms with Gasteiger partial charge in [-0.1, -0.05) is 29.3 Å². The number of methoxy groups -OCH3 is 1. The van der Waals surface area contributed by atoms with E-state index in [2.05, 4.69) is 5.32 Å². The molecule has 0 saturated heterocycles. The lowest BCUT2D eigenvalue weighted by Crippen LogP contribution is -2.32. The first-order chi connectivity index (χ1) is 9.10. The number of ether oxygens (including phenoxy) is 2. The van der Waals surface area contributed by atoms with Crippen LogP contribution in [0.1, 0.15) is 18.5 Å². The first-order valence-electron chi connectivity index (χ1n) is 5.94. The number of rotatable bonds is 7. The number of esters is 1. The summed E-state index contributed by atoms with van der Waals surface area (Å²) in [7, 11) is 1.59. The molecule has 0 aromatic heterocycles. The molecule has 19 heavy (non-hydrogen) atoms. The molecule has 0 spiro atoms. The van der Waals surface area contributed by atoms with Crippen molar-refractivity contribution in [2.75, 3.05) is 26.9 Å². The van der Waals surface area contributed by atoms with Gasteiger partial charge >= 0.3 is 5.97 Å². The summed E-state index contributed by atoms with van der Waals surface area (Å²) in [5.74, 6) is -0.372. The zero-order valence-corrected chi connectivity index (χ0v) is 12.4. The number of benzene rings is 1. The molecule has 0 fully saturated rings. The molecular formula is C13H17Cl2NO3. The van der Waals surface area contributed by atoms with Gasteiger partial charge in [0, 0.05) is 23.7 Å². The quantitative estimate of drug-likeness (QED) is 0.621. The Morgan fingerprint density at radius 2 is 2.16 bits per heavy atom. The summed E-state index contributed by atoms with van der Waals surface area (Å²) in [6, 6.07) is 4.38. The van der Waals surface area contributed by atoms with Crippen molar-refractivity contribution < 1.29 is 14.3 Å². The van der Waals surface area contributed by atoms with Crippen LogP contribution < -0.4 is 5.32 Å². The van der Waals surface area contributed by atoms with Gasteiger partial charge in [-0.15, -0.1) is 0 Å². The van der Waals surface area contributed by atoms with Gasteiger partial charge < -0.3 is 9.47 Å². The molecule has 1 N–H and O–H groups in total. The number of carbonyl (C=O) groups is 1. The number of carbonyl (C=O) groups excluding carboxylic acids is 1. The van der Waals surface area contributed by atoms with Gasteiger partial charge in [-0.25, -0.2) is 4.79 Å². The van der Waals surface area contributed by atoms with Gasteiger partial charge in [0.15, 0.2) is 0 Å². The van der Waals surface area contributed by atoms with Crippen LogP contribution in [0.25, 0.3) is 0 Å². The molecule has 1 atom stereocenters. The van der Waals surface area contributed by atoms with Crippen molar-refractivity contribution in [2.24, 2.45) is 0 Å². The van der Waals surface area contributed by atoms with Crippen molar-refractivity contribution in [1.29, 1.82) is 0 Å². The SMILES string of the molecule is CCOC(=O)C(NCCOC)c1ccc(Cl)cc1Cl. The molecule has 0 heterocycles. The Labute approximate surface area is 123 Å². The lowest BCUT2D eigenvalue weighted by Gasteiger charge is -2.18. The largest absolute Gasteiger partial charge is 0.465 e. The average Bonchev–Trinajstić information content (AvgIpc) is 2.36. The molecule has 1 unspecified atom stereocenters. The summed E-state index contributed by atoms with van der Waals surface area (Å²) in [6.45, 7) is 3.07. The highest BCUT2D eigenvalue weighted by Crippen LogP contribution is 2.27. The van der Waals surface area contributed by atoms with Gasteiger partial charge in [0.25, 0.3) is 0 Å². The molecule has 6 heteroatoms. The van der Waals surface area contributed by atoms with E-state index >= 15 is 0 Å². The molecule has 0 radical (unpaired) electrons. The summed E-state index contributed by atoms with van der Waals surface area (Å²) in [6.07, 6.45) is 0. The van der Waals surface area contributed by atoms with Crippen molar-refractivity contribution in [1.82, 2.24) is 5.32 Å². The van der Waals surface area contributed by atoms with Crippen molar-refractivity contribution >= 4 is 29.2 Å². The molecule has 0 bridgehead atoms. The van der Waals surface area contributed by atoms with Crippen LogP contribution in [0.2, 0.25) is 10.0 Å². The molecule has 0 aliphatic carbocycles. The van der Waals surface area contributed by atoms with Crippen LogP contribution in [-0.2, 0) is 14.3 Å². The fraction of sp³-hybridized carbons (Fsp3) is 0.462. The van der Waals surface area contributed by atoms with Crippen molar-refractivity contribution in [2.45, 2.75) is 13.0 Å². The summed E-state index contributed by atoms with van der Waals surface area (Å²) in [5.41, 5.74) is 0.639. The van der Waals surface area contributed by atoms with Crippen LogP contribution >= 0.6 is 23.2 Å². The monoisotopic (exact) mass is 305 g/mol. The highest BCUT2D eigenvalue weighted by atomic mass is 35.5. The number of nitrogens with one attached hydrogen (secondary N) is 1. The standard InChI is InChI=1S/C13H17Cl2NO3/c1-3-19-13(17)12(16-6-7-18-2)10-5-4-9(14)8-11(10)15/h4-5,8,12,16H,3,6-7H2,1-2H3. The first kappa shape index (κ1) is 16.2. The van der Waals surface area contributed by atoms with Crippen molar-refractivity contribution in [3.05, 3.63) is 33.8 Å². The molecule has 0 aliphatic heterocycles. The molecule has 106 valence electrons. The molecule has 0 saturated carbocycles. The van der Waals surface area contributed by atoms with E-state index in [0.29, 0.717) is 35.4 Å². The van der Waals surface area contributed by atoms with Gasteiger partial charge in [0.2, 0.25) is 0 Å². The molecule has 1 aromatic rings. The molecule has 1 rings (SSSR count). The predicted octanol–water partition coefficient (Wildman–Crippen LogP) is 2.83. The lowest BCUT2D eigenvalue weighted by atomic mass is 10.1. The van der Waals surface area contributed by atoms with E-state index in [1.807, 2.05) is 0 Å². The Bertz CT molecular complexity index is 426. The second-order valence-electron chi connectivity index (χ2n) is 3.80. The summed E-state index contributed by atoms with van der Waals surface area (Å²) in [5, 5.41) is 4.00. The normalized spacial score (nSPS) is 12.2. The van der Waals surface area contributed by atoms with Gasteiger partial charge in [-0.05, 0) is 24.6 Å². The number of hydrogen-bond acceptors (Lipinski definition) is 4. The van der Waals surface area contributed by atoms with Crippen LogP contribution in [0, 0.1) is 0 Å². The molecule has 0 amide bonds. The minimum absolute atomic E-state index is 0.312. The Balaban J connectivity index is 2.90. The molecule has 0 aliphatic rings. The van der Waals surface area contributed by atoms with E-state index in [1.165, 1.54) is 0 Å². The number of halogens is 2. The highest BCUT2D eigenvalue weighted by Gasteiger charge is 2.23. The molecule has 1 aromatic carbocycles. The second-order valence-corrected chi connectivity index (χ2v) is 4.64. The number of hydrogen-bond donors (Lipinski definition) is 1. The van der Waals surface area contributed by atoms with Crippen LogP contribution in [0.4, 0.5) is 0 Å². The zero-order valence-electron chi connectivity index (χ0n) is 10.9. The minimum Gasteiger partial charge on any atom is -0.465 e. The third-order valence-corrected chi connectivity index (χ3v) is 3.01. The third-order valence-electron chi connectivity index (χ3n) is 2.45. The fourth-order valence-corrected chi connectivity index (χ4v) is 2.10.